The molecule has 0 aliphatic carbocycles. The molecule has 1 N–H and O–H groups in total. The first kappa shape index (κ1) is 12.8. The van der Waals surface area contributed by atoms with Gasteiger partial charge in [0, 0.05) is 24.5 Å². The van der Waals surface area contributed by atoms with Gasteiger partial charge in [0.1, 0.15) is 0 Å². The van der Waals surface area contributed by atoms with Gasteiger partial charge in [-0.25, -0.2) is 0 Å². The average molecular weight is 253 g/mol. The fraction of sp³-hybridized carbons (Fsp3) is 0.769. The Hall–Kier alpha value is -0.610. The molecule has 0 amide bonds. The highest BCUT2D eigenvalue weighted by atomic mass is 32.1. The number of nitrogens with zero attached hydrogens (tertiary/aromatic N) is 2. The van der Waals surface area contributed by atoms with Crippen LogP contribution in [0.4, 0.5) is 0 Å². The lowest BCUT2D eigenvalue weighted by Gasteiger charge is -2.25. The Morgan fingerprint density at radius 3 is 2.53 bits per heavy atom. The Morgan fingerprint density at radius 2 is 1.94 bits per heavy atom. The van der Waals surface area contributed by atoms with Crippen LogP contribution < -0.4 is 0 Å². The monoisotopic (exact) mass is 253 g/mol. The summed E-state index contributed by atoms with van der Waals surface area (Å²) >= 11 is 5.37. The third-order valence-electron chi connectivity index (χ3n) is 3.70. The maximum Gasteiger partial charge on any atom is 0.177 e. The lowest BCUT2D eigenvalue weighted by atomic mass is 10.1. The van der Waals surface area contributed by atoms with Crippen LogP contribution in [0, 0.1) is 4.77 Å². The molecule has 1 fully saturated rings. The minimum atomic E-state index is 0.522. The summed E-state index contributed by atoms with van der Waals surface area (Å²) in [5.74, 6) is 0.522. The molecule has 0 radical (unpaired) electrons. The molecule has 96 valence electrons. The van der Waals surface area contributed by atoms with E-state index in [1.807, 2.05) is 0 Å². The highest BCUT2D eigenvalue weighted by molar-refractivity contribution is 7.71. The van der Waals surface area contributed by atoms with E-state index in [0.717, 1.165) is 11.3 Å². The Bertz CT molecular complexity index is 413. The van der Waals surface area contributed by atoms with Crippen LogP contribution in [0.3, 0.4) is 0 Å². The van der Waals surface area contributed by atoms with Crippen molar-refractivity contribution in [2.75, 3.05) is 13.1 Å². The molecule has 1 unspecified atom stereocenters. The van der Waals surface area contributed by atoms with E-state index >= 15 is 0 Å². The zero-order chi connectivity index (χ0) is 12.4. The second kappa shape index (κ2) is 5.36. The van der Waals surface area contributed by atoms with Gasteiger partial charge in [-0.15, -0.1) is 0 Å². The van der Waals surface area contributed by atoms with Crippen LogP contribution in [0.15, 0.2) is 6.20 Å². The molecule has 4 heteroatoms. The number of aromatic amines is 1. The largest absolute Gasteiger partial charge is 0.337 e. The van der Waals surface area contributed by atoms with Gasteiger partial charge in [-0.05, 0) is 51.0 Å². The minimum absolute atomic E-state index is 0.522. The SMILES string of the molecule is CC(C)c1c[nH]c(=S)n1CC(C)N1CCCC1. The van der Waals surface area contributed by atoms with E-state index in [0.29, 0.717) is 12.0 Å². The van der Waals surface area contributed by atoms with Crippen LogP contribution >= 0.6 is 12.2 Å². The van der Waals surface area contributed by atoms with Gasteiger partial charge in [0.2, 0.25) is 0 Å². The number of H-pyrrole nitrogens is 1. The van der Waals surface area contributed by atoms with Crippen molar-refractivity contribution in [3.8, 4) is 0 Å². The third-order valence-corrected chi connectivity index (χ3v) is 4.04. The first-order chi connectivity index (χ1) is 8.09. The number of likely N-dealkylation sites (tertiary alicyclic amines) is 1. The maximum absolute atomic E-state index is 5.37. The molecule has 0 saturated carbocycles. The van der Waals surface area contributed by atoms with Crippen LogP contribution in [-0.4, -0.2) is 33.6 Å². The Balaban J connectivity index is 2.11. The van der Waals surface area contributed by atoms with Crippen LogP contribution in [0.25, 0.3) is 0 Å². The van der Waals surface area contributed by atoms with Crippen LogP contribution in [0.2, 0.25) is 0 Å². The Labute approximate surface area is 109 Å². The molecule has 0 spiro atoms. The number of nitrogens with one attached hydrogen (secondary N) is 1. The molecule has 2 rings (SSSR count). The van der Waals surface area contributed by atoms with E-state index in [9.17, 15) is 0 Å². The van der Waals surface area contributed by atoms with Gasteiger partial charge in [0.05, 0.1) is 0 Å². The van der Waals surface area contributed by atoms with Crippen molar-refractivity contribution in [1.29, 1.82) is 0 Å². The number of rotatable bonds is 4. The van der Waals surface area contributed by atoms with Gasteiger partial charge < -0.3 is 9.55 Å². The summed E-state index contributed by atoms with van der Waals surface area (Å²) < 4.78 is 3.13. The quantitative estimate of drug-likeness (QED) is 0.833. The maximum atomic E-state index is 5.37. The number of aromatic nitrogens is 2. The summed E-state index contributed by atoms with van der Waals surface area (Å²) in [7, 11) is 0. The first-order valence-corrected chi connectivity index (χ1v) is 7.02. The molecule has 17 heavy (non-hydrogen) atoms. The number of hydrogen-bond donors (Lipinski definition) is 1. The van der Waals surface area contributed by atoms with Crippen molar-refractivity contribution in [2.24, 2.45) is 0 Å². The van der Waals surface area contributed by atoms with Crippen LogP contribution in [0.1, 0.15) is 45.2 Å². The molecule has 1 atom stereocenters. The van der Waals surface area contributed by atoms with Crippen molar-refractivity contribution in [3.63, 3.8) is 0 Å². The molecule has 1 aliphatic heterocycles. The summed E-state index contributed by atoms with van der Waals surface area (Å²) in [5.41, 5.74) is 1.32. The summed E-state index contributed by atoms with van der Waals surface area (Å²) in [6, 6.07) is 0.581. The standard InChI is InChI=1S/C13H23N3S/c1-10(2)12-8-14-13(17)16(12)9-11(3)15-6-4-5-7-15/h8,10-11H,4-7,9H2,1-3H3,(H,14,17). The van der Waals surface area contributed by atoms with E-state index in [4.69, 9.17) is 12.2 Å². The van der Waals surface area contributed by atoms with E-state index in [1.165, 1.54) is 31.6 Å². The smallest absolute Gasteiger partial charge is 0.177 e. The number of hydrogen-bond acceptors (Lipinski definition) is 2. The molecule has 3 nitrogen and oxygen atoms in total. The number of imidazole rings is 1. The minimum Gasteiger partial charge on any atom is -0.337 e. The summed E-state index contributed by atoms with van der Waals surface area (Å²) in [6.07, 6.45) is 4.75. The van der Waals surface area contributed by atoms with Crippen molar-refractivity contribution in [2.45, 2.75) is 52.1 Å². The average Bonchev–Trinajstić information content (AvgIpc) is 2.89. The molecule has 0 aromatic carbocycles. The highest BCUT2D eigenvalue weighted by Gasteiger charge is 2.19. The van der Waals surface area contributed by atoms with Crippen molar-refractivity contribution in [1.82, 2.24) is 14.5 Å². The molecule has 1 aromatic rings. The molecule has 1 saturated heterocycles. The molecule has 0 bridgehead atoms. The van der Waals surface area contributed by atoms with E-state index in [-0.39, 0.29) is 0 Å². The van der Waals surface area contributed by atoms with E-state index in [2.05, 4.69) is 41.4 Å². The van der Waals surface area contributed by atoms with Crippen molar-refractivity contribution in [3.05, 3.63) is 16.7 Å². The first-order valence-electron chi connectivity index (χ1n) is 6.61. The topological polar surface area (TPSA) is 24.0 Å². The normalized spacial score (nSPS) is 19.1. The molecular formula is C13H23N3S. The van der Waals surface area contributed by atoms with Gasteiger partial charge in [0.25, 0.3) is 0 Å². The molecule has 1 aromatic heterocycles. The summed E-state index contributed by atoms with van der Waals surface area (Å²) in [5, 5.41) is 0. The predicted octanol–water partition coefficient (Wildman–Crippen LogP) is 3.15. The van der Waals surface area contributed by atoms with Gasteiger partial charge in [-0.3, -0.25) is 4.90 Å². The Morgan fingerprint density at radius 1 is 1.29 bits per heavy atom. The van der Waals surface area contributed by atoms with Gasteiger partial charge >= 0.3 is 0 Å². The van der Waals surface area contributed by atoms with Crippen LogP contribution in [-0.2, 0) is 6.54 Å². The summed E-state index contributed by atoms with van der Waals surface area (Å²) in [6.45, 7) is 10.2. The van der Waals surface area contributed by atoms with Crippen molar-refractivity contribution < 1.29 is 0 Å². The zero-order valence-electron chi connectivity index (χ0n) is 11.1. The molecule has 2 heterocycles. The second-order valence-corrected chi connectivity index (χ2v) is 5.76. The Kier molecular flexibility index (Phi) is 4.05. The predicted molar refractivity (Wildman–Crippen MR) is 74.0 cm³/mol. The lowest BCUT2D eigenvalue weighted by molar-refractivity contribution is 0.233. The van der Waals surface area contributed by atoms with Gasteiger partial charge in [-0.2, -0.15) is 0 Å². The lowest BCUT2D eigenvalue weighted by Crippen LogP contribution is -2.34. The third kappa shape index (κ3) is 2.80. The summed E-state index contributed by atoms with van der Waals surface area (Å²) in [4.78, 5) is 5.74. The van der Waals surface area contributed by atoms with Crippen LogP contribution in [0.5, 0.6) is 0 Å². The molecule has 1 aliphatic rings. The highest BCUT2D eigenvalue weighted by Crippen LogP contribution is 2.18. The van der Waals surface area contributed by atoms with E-state index < -0.39 is 0 Å². The van der Waals surface area contributed by atoms with E-state index in [1.54, 1.807) is 0 Å². The van der Waals surface area contributed by atoms with Gasteiger partial charge in [-0.1, -0.05) is 13.8 Å². The van der Waals surface area contributed by atoms with Gasteiger partial charge in [0.15, 0.2) is 4.77 Å². The second-order valence-electron chi connectivity index (χ2n) is 5.38. The molecular weight excluding hydrogens is 230 g/mol. The zero-order valence-corrected chi connectivity index (χ0v) is 11.9. The fourth-order valence-corrected chi connectivity index (χ4v) is 2.88. The van der Waals surface area contributed by atoms with Crippen molar-refractivity contribution >= 4 is 12.2 Å². The fourth-order valence-electron chi connectivity index (χ4n) is 2.64.